The third kappa shape index (κ3) is 3.75. The lowest BCUT2D eigenvalue weighted by atomic mass is 10.2. The average molecular weight is 370 g/mol. The van der Waals surface area contributed by atoms with E-state index in [1.165, 1.54) is 11.3 Å². The molecule has 2 aromatic heterocycles. The van der Waals surface area contributed by atoms with Crippen molar-refractivity contribution >= 4 is 27.2 Å². The summed E-state index contributed by atoms with van der Waals surface area (Å²) in [5.74, 6) is 0.959. The highest BCUT2D eigenvalue weighted by molar-refractivity contribution is 7.91. The number of thiophene rings is 1. The van der Waals surface area contributed by atoms with Gasteiger partial charge in [0.25, 0.3) is 5.89 Å². The number of nitrogens with one attached hydrogen (secondary N) is 1. The predicted octanol–water partition coefficient (Wildman–Crippen LogP) is 1.52. The average Bonchev–Trinajstić information content (AvgIpc) is 3.26. The van der Waals surface area contributed by atoms with Gasteiger partial charge in [0.05, 0.1) is 22.9 Å². The number of aromatic nitrogens is 2. The Morgan fingerprint density at radius 1 is 1.54 bits per heavy atom. The number of carbonyl (C=O) groups is 1. The molecule has 24 heavy (non-hydrogen) atoms. The maximum atomic E-state index is 12.3. The molecule has 3 heterocycles. The topological polar surface area (TPSA) is 105 Å². The molecule has 1 saturated heterocycles. The van der Waals surface area contributed by atoms with Crippen molar-refractivity contribution in [3.63, 3.8) is 0 Å². The van der Waals surface area contributed by atoms with E-state index in [0.29, 0.717) is 24.7 Å². The van der Waals surface area contributed by atoms with Gasteiger partial charge in [0, 0.05) is 12.6 Å². The Hall–Kier alpha value is -1.94. The van der Waals surface area contributed by atoms with Crippen LogP contribution in [0.25, 0.3) is 10.8 Å². The van der Waals surface area contributed by atoms with Crippen LogP contribution in [-0.4, -0.2) is 53.6 Å². The molecule has 0 aromatic carbocycles. The zero-order valence-corrected chi connectivity index (χ0v) is 14.8. The molecule has 2 amide bonds. The fourth-order valence-corrected chi connectivity index (χ4v) is 5.05. The first kappa shape index (κ1) is 16.9. The number of nitrogens with zero attached hydrogens (tertiary/aromatic N) is 3. The number of sulfone groups is 1. The largest absolute Gasteiger partial charge is 0.333 e. The highest BCUT2D eigenvalue weighted by Crippen LogP contribution is 2.22. The Labute approximate surface area is 143 Å². The molecule has 1 fully saturated rings. The van der Waals surface area contributed by atoms with Gasteiger partial charge in [-0.25, -0.2) is 13.2 Å². The number of hydrogen-bond donors (Lipinski definition) is 1. The lowest BCUT2D eigenvalue weighted by Crippen LogP contribution is -2.46. The molecule has 0 saturated carbocycles. The van der Waals surface area contributed by atoms with Crippen molar-refractivity contribution < 1.29 is 17.7 Å². The molecule has 0 radical (unpaired) electrons. The lowest BCUT2D eigenvalue weighted by molar-refractivity contribution is 0.183. The molecule has 1 aliphatic rings. The Kier molecular flexibility index (Phi) is 4.86. The first-order chi connectivity index (χ1) is 11.5. The van der Waals surface area contributed by atoms with E-state index in [4.69, 9.17) is 4.52 Å². The second kappa shape index (κ2) is 6.89. The van der Waals surface area contributed by atoms with Crippen LogP contribution < -0.4 is 5.32 Å². The van der Waals surface area contributed by atoms with Crippen LogP contribution in [0.4, 0.5) is 4.79 Å². The van der Waals surface area contributed by atoms with E-state index in [-0.39, 0.29) is 30.1 Å². The molecule has 0 unspecified atom stereocenters. The van der Waals surface area contributed by atoms with Crippen molar-refractivity contribution in [3.8, 4) is 10.8 Å². The second-order valence-electron chi connectivity index (χ2n) is 5.49. The Bertz CT molecular complexity index is 801. The maximum absolute atomic E-state index is 12.3. The van der Waals surface area contributed by atoms with Crippen LogP contribution in [0.15, 0.2) is 22.0 Å². The standard InChI is InChI=1S/C14H18N4O4S2/c1-2-18(10-5-7-24(20,21)9-10)14(19)15-8-12-16-13(22-17-12)11-4-3-6-23-11/h3-4,6,10H,2,5,7-9H2,1H3,(H,15,19)/t10-/m0/s1. The van der Waals surface area contributed by atoms with Crippen LogP contribution in [0.3, 0.4) is 0 Å². The zero-order valence-electron chi connectivity index (χ0n) is 13.1. The van der Waals surface area contributed by atoms with E-state index < -0.39 is 9.84 Å². The molecule has 3 rings (SSSR count). The number of hydrogen-bond acceptors (Lipinski definition) is 7. The molecule has 0 spiro atoms. The van der Waals surface area contributed by atoms with Gasteiger partial charge in [-0.1, -0.05) is 11.2 Å². The third-order valence-corrected chi connectivity index (χ3v) is 6.46. The number of rotatable bonds is 5. The van der Waals surface area contributed by atoms with Crippen molar-refractivity contribution in [1.82, 2.24) is 20.4 Å². The van der Waals surface area contributed by atoms with Gasteiger partial charge in [0.15, 0.2) is 15.7 Å². The quantitative estimate of drug-likeness (QED) is 0.855. The first-order valence-electron chi connectivity index (χ1n) is 7.60. The van der Waals surface area contributed by atoms with Gasteiger partial charge >= 0.3 is 6.03 Å². The van der Waals surface area contributed by atoms with E-state index in [1.807, 2.05) is 24.4 Å². The van der Waals surface area contributed by atoms with E-state index in [1.54, 1.807) is 4.90 Å². The summed E-state index contributed by atoms with van der Waals surface area (Å²) in [5.41, 5.74) is 0. The fourth-order valence-electron chi connectivity index (χ4n) is 2.67. The molecule has 0 bridgehead atoms. The predicted molar refractivity (Wildman–Crippen MR) is 89.3 cm³/mol. The van der Waals surface area contributed by atoms with Crippen molar-refractivity contribution in [2.24, 2.45) is 0 Å². The van der Waals surface area contributed by atoms with Crippen LogP contribution in [0.5, 0.6) is 0 Å². The summed E-state index contributed by atoms with van der Waals surface area (Å²) in [4.78, 5) is 19.0. The summed E-state index contributed by atoms with van der Waals surface area (Å²) in [6, 6.07) is 3.18. The smallest absolute Gasteiger partial charge is 0.318 e. The van der Waals surface area contributed by atoms with Crippen LogP contribution >= 0.6 is 11.3 Å². The van der Waals surface area contributed by atoms with Gasteiger partial charge in [0.1, 0.15) is 0 Å². The van der Waals surface area contributed by atoms with Crippen LogP contribution in [0, 0.1) is 0 Å². The van der Waals surface area contributed by atoms with Crippen molar-refractivity contribution in [1.29, 1.82) is 0 Å². The van der Waals surface area contributed by atoms with Crippen LogP contribution in [0.1, 0.15) is 19.2 Å². The Morgan fingerprint density at radius 2 is 2.38 bits per heavy atom. The van der Waals surface area contributed by atoms with Gasteiger partial charge in [-0.05, 0) is 24.8 Å². The van der Waals surface area contributed by atoms with Crippen molar-refractivity contribution in [3.05, 3.63) is 23.3 Å². The van der Waals surface area contributed by atoms with Crippen LogP contribution in [-0.2, 0) is 16.4 Å². The minimum absolute atomic E-state index is 0.0268. The van der Waals surface area contributed by atoms with Crippen LogP contribution in [0.2, 0.25) is 0 Å². The van der Waals surface area contributed by atoms with Gasteiger partial charge in [0.2, 0.25) is 0 Å². The van der Waals surface area contributed by atoms with Gasteiger partial charge < -0.3 is 14.7 Å². The van der Waals surface area contributed by atoms with E-state index in [2.05, 4.69) is 15.5 Å². The van der Waals surface area contributed by atoms with Gasteiger partial charge in [-0.3, -0.25) is 0 Å². The molecule has 2 aromatic rings. The molecule has 10 heteroatoms. The highest BCUT2D eigenvalue weighted by atomic mass is 32.2. The molecule has 1 N–H and O–H groups in total. The van der Waals surface area contributed by atoms with E-state index in [0.717, 1.165) is 4.88 Å². The Balaban J connectivity index is 1.58. The van der Waals surface area contributed by atoms with Gasteiger partial charge in [-0.2, -0.15) is 4.98 Å². The normalized spacial score (nSPS) is 19.3. The summed E-state index contributed by atoms with van der Waals surface area (Å²) < 4.78 is 28.3. The van der Waals surface area contributed by atoms with E-state index >= 15 is 0 Å². The fraction of sp³-hybridized carbons (Fsp3) is 0.500. The molecule has 8 nitrogen and oxygen atoms in total. The summed E-state index contributed by atoms with van der Waals surface area (Å²) in [6.07, 6.45) is 0.480. The van der Waals surface area contributed by atoms with Crippen molar-refractivity contribution in [2.45, 2.75) is 25.9 Å². The summed E-state index contributed by atoms with van der Waals surface area (Å²) in [5, 5.41) is 8.48. The highest BCUT2D eigenvalue weighted by Gasteiger charge is 2.33. The zero-order chi connectivity index (χ0) is 17.2. The summed E-state index contributed by atoms with van der Waals surface area (Å²) >= 11 is 1.49. The molecule has 0 aliphatic carbocycles. The minimum Gasteiger partial charge on any atom is -0.333 e. The minimum atomic E-state index is -3.03. The summed E-state index contributed by atoms with van der Waals surface area (Å²) in [6.45, 7) is 2.40. The molecule has 1 aliphatic heterocycles. The monoisotopic (exact) mass is 370 g/mol. The number of amides is 2. The first-order valence-corrected chi connectivity index (χ1v) is 10.3. The molecule has 130 valence electrons. The SMILES string of the molecule is CCN(C(=O)NCc1noc(-c2cccs2)n1)[C@H]1CCS(=O)(=O)C1. The molecule has 1 atom stereocenters. The number of urea groups is 1. The molecular formula is C14H18N4O4S2. The third-order valence-electron chi connectivity index (χ3n) is 3.85. The molecular weight excluding hydrogens is 352 g/mol. The second-order valence-corrected chi connectivity index (χ2v) is 8.67. The Morgan fingerprint density at radius 3 is 3.00 bits per heavy atom. The van der Waals surface area contributed by atoms with Gasteiger partial charge in [-0.15, -0.1) is 11.3 Å². The maximum Gasteiger partial charge on any atom is 0.318 e. The number of carbonyl (C=O) groups excluding carboxylic acids is 1. The summed E-state index contributed by atoms with van der Waals surface area (Å²) in [7, 11) is -3.03. The lowest BCUT2D eigenvalue weighted by Gasteiger charge is -2.26. The van der Waals surface area contributed by atoms with Crippen molar-refractivity contribution in [2.75, 3.05) is 18.1 Å². The van der Waals surface area contributed by atoms with E-state index in [9.17, 15) is 13.2 Å².